The second-order valence-electron chi connectivity index (χ2n) is 5.80. The smallest absolute Gasteiger partial charge is 0.0323 e. The summed E-state index contributed by atoms with van der Waals surface area (Å²) in [5.41, 5.74) is 0.711. The first-order valence-electron chi connectivity index (χ1n) is 6.67. The molecule has 1 atom stereocenters. The van der Waals surface area contributed by atoms with Crippen LogP contribution in [0.1, 0.15) is 78.6 Å². The molecule has 84 valence electrons. The van der Waals surface area contributed by atoms with Crippen LogP contribution in [0.4, 0.5) is 0 Å². The Morgan fingerprint density at radius 1 is 0.929 bits per heavy atom. The van der Waals surface area contributed by atoms with Crippen LogP contribution in [0.3, 0.4) is 0 Å². The van der Waals surface area contributed by atoms with Crippen LogP contribution in [0, 0.1) is 11.3 Å². The second kappa shape index (κ2) is 5.78. The molecule has 1 aliphatic rings. The van der Waals surface area contributed by atoms with Crippen molar-refractivity contribution in [3.05, 3.63) is 0 Å². The Kier molecular flexibility index (Phi) is 4.98. The van der Waals surface area contributed by atoms with Crippen molar-refractivity contribution in [1.82, 2.24) is 0 Å². The molecule has 1 saturated carbocycles. The van der Waals surface area contributed by atoms with E-state index in [0.29, 0.717) is 5.41 Å². The summed E-state index contributed by atoms with van der Waals surface area (Å²) in [4.78, 5) is 0. The van der Waals surface area contributed by atoms with Crippen molar-refractivity contribution in [2.24, 2.45) is 11.3 Å². The molecule has 0 bridgehead atoms. The summed E-state index contributed by atoms with van der Waals surface area (Å²) in [7, 11) is 0. The largest absolute Gasteiger partial charge is 0.0654 e. The molecular formula is C14H28. The predicted octanol–water partition coefficient (Wildman–Crippen LogP) is 5.17. The topological polar surface area (TPSA) is 0 Å². The molecule has 0 nitrogen and oxygen atoms in total. The van der Waals surface area contributed by atoms with Crippen LogP contribution in [0.2, 0.25) is 0 Å². The van der Waals surface area contributed by atoms with Crippen LogP contribution < -0.4 is 0 Å². The van der Waals surface area contributed by atoms with Gasteiger partial charge < -0.3 is 0 Å². The Hall–Kier alpha value is 0. The zero-order valence-corrected chi connectivity index (χ0v) is 10.4. The average molecular weight is 196 g/mol. The number of hydrogen-bond acceptors (Lipinski definition) is 0. The third-order valence-electron chi connectivity index (χ3n) is 3.87. The number of rotatable bonds is 8. The maximum absolute atomic E-state index is 2.42. The van der Waals surface area contributed by atoms with Crippen molar-refractivity contribution >= 4 is 0 Å². The third kappa shape index (κ3) is 4.48. The van der Waals surface area contributed by atoms with Crippen LogP contribution in [-0.4, -0.2) is 0 Å². The van der Waals surface area contributed by atoms with Crippen molar-refractivity contribution < 1.29 is 0 Å². The van der Waals surface area contributed by atoms with Gasteiger partial charge in [0.15, 0.2) is 0 Å². The van der Waals surface area contributed by atoms with Gasteiger partial charge in [-0.1, -0.05) is 65.7 Å². The first-order valence-corrected chi connectivity index (χ1v) is 6.67. The molecule has 0 aromatic rings. The van der Waals surface area contributed by atoms with Gasteiger partial charge in [-0.15, -0.1) is 0 Å². The van der Waals surface area contributed by atoms with E-state index in [4.69, 9.17) is 0 Å². The van der Waals surface area contributed by atoms with Gasteiger partial charge in [0.1, 0.15) is 0 Å². The van der Waals surface area contributed by atoms with Gasteiger partial charge in [-0.25, -0.2) is 0 Å². The highest BCUT2D eigenvalue weighted by Gasteiger charge is 2.44. The SMILES string of the molecule is CCCCCCCCCC1CC1(C)C. The number of hydrogen-bond donors (Lipinski definition) is 0. The fourth-order valence-corrected chi connectivity index (χ4v) is 2.42. The lowest BCUT2D eigenvalue weighted by Gasteiger charge is -2.03. The average Bonchev–Trinajstić information content (AvgIpc) is 2.73. The van der Waals surface area contributed by atoms with Gasteiger partial charge in [0.2, 0.25) is 0 Å². The fourth-order valence-electron chi connectivity index (χ4n) is 2.42. The molecule has 0 aliphatic heterocycles. The molecule has 0 radical (unpaired) electrons. The maximum Gasteiger partial charge on any atom is -0.0323 e. The Balaban J connectivity index is 1.77. The maximum atomic E-state index is 2.42. The lowest BCUT2D eigenvalue weighted by molar-refractivity contribution is 0.495. The van der Waals surface area contributed by atoms with Crippen LogP contribution in [0.5, 0.6) is 0 Å². The highest BCUT2D eigenvalue weighted by Crippen LogP contribution is 2.54. The Labute approximate surface area is 90.5 Å². The zero-order valence-electron chi connectivity index (χ0n) is 10.4. The molecule has 1 aliphatic carbocycles. The first-order chi connectivity index (χ1) is 6.67. The summed E-state index contributed by atoms with van der Waals surface area (Å²) in [5.74, 6) is 1.07. The van der Waals surface area contributed by atoms with Crippen molar-refractivity contribution in [2.75, 3.05) is 0 Å². The van der Waals surface area contributed by atoms with Gasteiger partial charge in [0.25, 0.3) is 0 Å². The van der Waals surface area contributed by atoms with E-state index in [0.717, 1.165) is 5.92 Å². The molecule has 14 heavy (non-hydrogen) atoms. The van der Waals surface area contributed by atoms with E-state index in [-0.39, 0.29) is 0 Å². The molecular weight excluding hydrogens is 168 g/mol. The first kappa shape index (κ1) is 12.1. The Morgan fingerprint density at radius 3 is 1.93 bits per heavy atom. The van der Waals surface area contributed by atoms with Crippen LogP contribution >= 0.6 is 0 Å². The van der Waals surface area contributed by atoms with Gasteiger partial charge in [-0.05, 0) is 24.2 Å². The van der Waals surface area contributed by atoms with E-state index in [1.54, 1.807) is 0 Å². The third-order valence-corrected chi connectivity index (χ3v) is 3.87. The van der Waals surface area contributed by atoms with Gasteiger partial charge >= 0.3 is 0 Å². The molecule has 0 saturated heterocycles. The molecule has 0 heterocycles. The zero-order chi connectivity index (χ0) is 10.4. The highest BCUT2D eigenvalue weighted by molar-refractivity contribution is 4.94. The van der Waals surface area contributed by atoms with Crippen LogP contribution in [-0.2, 0) is 0 Å². The molecule has 0 aromatic heterocycles. The minimum Gasteiger partial charge on any atom is -0.0654 e. The van der Waals surface area contributed by atoms with Gasteiger partial charge in [0.05, 0.1) is 0 Å². The molecule has 1 rings (SSSR count). The standard InChI is InChI=1S/C14H28/c1-4-5-6-7-8-9-10-11-13-12-14(13,2)3/h13H,4-12H2,1-3H3. The Morgan fingerprint density at radius 2 is 1.43 bits per heavy atom. The quantitative estimate of drug-likeness (QED) is 0.470. The molecule has 0 spiro atoms. The van der Waals surface area contributed by atoms with Gasteiger partial charge in [-0.2, -0.15) is 0 Å². The summed E-state index contributed by atoms with van der Waals surface area (Å²) in [6.07, 6.45) is 13.2. The molecule has 1 fully saturated rings. The molecule has 0 heteroatoms. The highest BCUT2D eigenvalue weighted by atomic mass is 14.5. The van der Waals surface area contributed by atoms with Crippen molar-refractivity contribution in [3.8, 4) is 0 Å². The molecule has 0 amide bonds. The molecule has 0 aromatic carbocycles. The van der Waals surface area contributed by atoms with Crippen molar-refractivity contribution in [3.63, 3.8) is 0 Å². The summed E-state index contributed by atoms with van der Waals surface area (Å²) in [6, 6.07) is 0. The number of unbranched alkanes of at least 4 members (excludes halogenated alkanes) is 6. The minimum absolute atomic E-state index is 0.711. The van der Waals surface area contributed by atoms with E-state index in [1.165, 1.54) is 57.8 Å². The summed E-state index contributed by atoms with van der Waals surface area (Å²) >= 11 is 0. The monoisotopic (exact) mass is 196 g/mol. The van der Waals surface area contributed by atoms with Gasteiger partial charge in [0, 0.05) is 0 Å². The van der Waals surface area contributed by atoms with E-state index >= 15 is 0 Å². The van der Waals surface area contributed by atoms with Crippen LogP contribution in [0.15, 0.2) is 0 Å². The minimum atomic E-state index is 0.711. The van der Waals surface area contributed by atoms with E-state index < -0.39 is 0 Å². The van der Waals surface area contributed by atoms with Crippen LogP contribution in [0.25, 0.3) is 0 Å². The van der Waals surface area contributed by atoms with E-state index in [9.17, 15) is 0 Å². The normalized spacial score (nSPS) is 23.8. The Bertz CT molecular complexity index is 146. The van der Waals surface area contributed by atoms with E-state index in [2.05, 4.69) is 20.8 Å². The fraction of sp³-hybridized carbons (Fsp3) is 1.00. The van der Waals surface area contributed by atoms with Crippen molar-refractivity contribution in [2.45, 2.75) is 78.6 Å². The summed E-state index contributed by atoms with van der Waals surface area (Å²) in [5, 5.41) is 0. The van der Waals surface area contributed by atoms with Crippen molar-refractivity contribution in [1.29, 1.82) is 0 Å². The summed E-state index contributed by atoms with van der Waals surface area (Å²) in [6.45, 7) is 7.12. The lowest BCUT2D eigenvalue weighted by atomic mass is 10.0. The molecule has 1 unspecified atom stereocenters. The van der Waals surface area contributed by atoms with E-state index in [1.807, 2.05) is 0 Å². The molecule has 0 N–H and O–H groups in total. The summed E-state index contributed by atoms with van der Waals surface area (Å²) < 4.78 is 0. The van der Waals surface area contributed by atoms with Gasteiger partial charge in [-0.3, -0.25) is 0 Å². The lowest BCUT2D eigenvalue weighted by Crippen LogP contribution is -1.90. The predicted molar refractivity (Wildman–Crippen MR) is 64.5 cm³/mol. The second-order valence-corrected chi connectivity index (χ2v) is 5.80.